The number of pyridine rings is 1. The van der Waals surface area contributed by atoms with E-state index in [1.807, 2.05) is 24.0 Å². The summed E-state index contributed by atoms with van der Waals surface area (Å²) in [4.78, 5) is 90.3. The van der Waals surface area contributed by atoms with Gasteiger partial charge in [0.2, 0.25) is 17.7 Å². The molecule has 4 aromatic heterocycles. The van der Waals surface area contributed by atoms with Crippen LogP contribution < -0.4 is 26.2 Å². The monoisotopic (exact) mass is 917 g/mol. The number of rotatable bonds is 16. The topological polar surface area (TPSA) is 249 Å². The Kier molecular flexibility index (Phi) is 13.4. The molecule has 22 heteroatoms. The fraction of sp³-hybridized carbons (Fsp3) is 0.422. The maximum absolute atomic E-state index is 13.1. The van der Waals surface area contributed by atoms with Crippen LogP contribution in [0.4, 0.5) is 21.9 Å². The number of benzene rings is 1. The quantitative estimate of drug-likeness (QED) is 0.0820. The summed E-state index contributed by atoms with van der Waals surface area (Å²) in [6.07, 6.45) is 10.1. The molecule has 8 heterocycles. The molecule has 0 radical (unpaired) electrons. The van der Waals surface area contributed by atoms with Gasteiger partial charge in [-0.3, -0.25) is 29.3 Å². The van der Waals surface area contributed by atoms with E-state index in [4.69, 9.17) is 14.2 Å². The van der Waals surface area contributed by atoms with Gasteiger partial charge in [0.15, 0.2) is 11.5 Å². The summed E-state index contributed by atoms with van der Waals surface area (Å²) >= 11 is 0. The van der Waals surface area contributed by atoms with E-state index in [1.54, 1.807) is 46.2 Å². The van der Waals surface area contributed by atoms with E-state index >= 15 is 0 Å². The highest BCUT2D eigenvalue weighted by molar-refractivity contribution is 6.05. The van der Waals surface area contributed by atoms with Crippen LogP contribution >= 0.6 is 0 Å². The summed E-state index contributed by atoms with van der Waals surface area (Å²) in [5.41, 5.74) is 5.76. The number of piperidine rings is 1. The number of carbonyl (C=O) groups is 6. The molecule has 4 aliphatic rings. The van der Waals surface area contributed by atoms with Crippen LogP contribution in [0.1, 0.15) is 75.7 Å². The molecule has 0 aliphatic carbocycles. The van der Waals surface area contributed by atoms with Crippen LogP contribution in [-0.4, -0.2) is 147 Å². The van der Waals surface area contributed by atoms with Crippen molar-refractivity contribution < 1.29 is 43.0 Å². The van der Waals surface area contributed by atoms with Gasteiger partial charge in [-0.15, -0.1) is 0 Å². The third kappa shape index (κ3) is 10.1. The first kappa shape index (κ1) is 44.9. The van der Waals surface area contributed by atoms with E-state index < -0.39 is 18.0 Å². The Balaban J connectivity index is 0.641. The Morgan fingerprint density at radius 2 is 1.75 bits per heavy atom. The van der Waals surface area contributed by atoms with Crippen molar-refractivity contribution in [2.45, 2.75) is 57.7 Å². The number of hydrogen-bond donors (Lipinski definition) is 4. The molecule has 0 saturated carbocycles. The number of carbonyl (C=O) groups excluding carboxylic acids is 6. The average molecular weight is 918 g/mol. The molecule has 9 rings (SSSR count). The van der Waals surface area contributed by atoms with Crippen molar-refractivity contribution in [1.82, 2.24) is 49.8 Å². The zero-order valence-corrected chi connectivity index (χ0v) is 36.9. The van der Waals surface area contributed by atoms with Gasteiger partial charge < -0.3 is 44.9 Å². The minimum absolute atomic E-state index is 0.00820. The number of piperazine rings is 1. The smallest absolute Gasteiger partial charge is 0.323 e. The van der Waals surface area contributed by atoms with Crippen molar-refractivity contribution in [3.05, 3.63) is 89.3 Å². The molecule has 350 valence electrons. The Morgan fingerprint density at radius 1 is 0.910 bits per heavy atom. The summed E-state index contributed by atoms with van der Waals surface area (Å²) in [7, 11) is 0. The second kappa shape index (κ2) is 20.1. The molecule has 0 bridgehead atoms. The first-order valence-electron chi connectivity index (χ1n) is 22.4. The van der Waals surface area contributed by atoms with E-state index in [1.165, 1.54) is 17.1 Å². The SMILES string of the molecule is Cc1cc(NC(=O)Nc2cnc3ccnn3c2C2CCCO2)cnc1-n1cc(C(=O)NCCOCCOCCC(=O)N2CCN(c3ccc4c(c3)CN(C3CCC(=O)NC3=O)C4=O)CC2)cn1. The Bertz CT molecular complexity index is 2690. The first-order chi connectivity index (χ1) is 32.6. The number of imide groups is 1. The fourth-order valence-electron chi connectivity index (χ4n) is 8.76. The van der Waals surface area contributed by atoms with Crippen LogP contribution in [0.3, 0.4) is 0 Å². The summed E-state index contributed by atoms with van der Waals surface area (Å²) in [6, 6.07) is 8.08. The Hall–Kier alpha value is -7.30. The maximum atomic E-state index is 13.1. The van der Waals surface area contributed by atoms with E-state index in [2.05, 4.69) is 46.3 Å². The number of aromatic nitrogens is 6. The van der Waals surface area contributed by atoms with Crippen LogP contribution in [0.25, 0.3) is 11.5 Å². The van der Waals surface area contributed by atoms with E-state index in [0.717, 1.165) is 29.8 Å². The van der Waals surface area contributed by atoms with Crippen LogP contribution in [0.2, 0.25) is 0 Å². The van der Waals surface area contributed by atoms with Crippen LogP contribution in [0, 0.1) is 6.92 Å². The number of aryl methyl sites for hydroxylation is 1. The molecule has 4 N–H and O–H groups in total. The molecule has 3 fully saturated rings. The normalized spacial score (nSPS) is 18.3. The summed E-state index contributed by atoms with van der Waals surface area (Å²) in [5, 5.41) is 19.5. The van der Waals surface area contributed by atoms with Gasteiger partial charge in [0.05, 0.1) is 80.3 Å². The lowest BCUT2D eigenvalue weighted by atomic mass is 10.0. The molecule has 5 aromatic rings. The largest absolute Gasteiger partial charge is 0.379 e. The van der Waals surface area contributed by atoms with Crippen molar-refractivity contribution >= 4 is 58.3 Å². The molecule has 3 saturated heterocycles. The summed E-state index contributed by atoms with van der Waals surface area (Å²) in [5.74, 6) is -0.787. The highest BCUT2D eigenvalue weighted by Gasteiger charge is 2.39. The molecule has 7 amide bonds. The van der Waals surface area contributed by atoms with Gasteiger partial charge in [0, 0.05) is 75.8 Å². The predicted octanol–water partition coefficient (Wildman–Crippen LogP) is 2.38. The van der Waals surface area contributed by atoms with Crippen LogP contribution in [0.15, 0.2) is 61.3 Å². The number of nitrogens with zero attached hydrogens (tertiary/aromatic N) is 9. The highest BCUT2D eigenvalue weighted by atomic mass is 16.5. The zero-order chi connectivity index (χ0) is 46.4. The lowest BCUT2D eigenvalue weighted by molar-refractivity contribution is -0.137. The standard InChI is InChI=1S/C45H51N13O9/c1-28-21-31(51-45(64)52-34-25-47-37-8-10-49-58(37)40(34)36-3-2-16-67-36)24-48-41(28)57-27-30(23-50-57)42(61)46-11-18-66-20-19-65-17-9-39(60)55-14-12-54(13-15-55)32-4-5-33-29(22-32)26-56(44(33)63)35-6-7-38(59)53-43(35)62/h4-5,8,10,21-25,27,35-36H,2-3,6-7,9,11-20,26H2,1H3,(H,46,61)(H2,51,52,64)(H,53,59,62). The van der Waals surface area contributed by atoms with Gasteiger partial charge in [-0.2, -0.15) is 10.2 Å². The lowest BCUT2D eigenvalue weighted by Crippen LogP contribution is -2.52. The van der Waals surface area contributed by atoms with Gasteiger partial charge in [0.25, 0.3) is 11.8 Å². The molecule has 1 aromatic carbocycles. The number of anilines is 3. The van der Waals surface area contributed by atoms with E-state index in [9.17, 15) is 28.8 Å². The summed E-state index contributed by atoms with van der Waals surface area (Å²) < 4.78 is 20.3. The molecular weight excluding hydrogens is 867 g/mol. The summed E-state index contributed by atoms with van der Waals surface area (Å²) in [6.45, 7) is 6.53. The van der Waals surface area contributed by atoms with Crippen molar-refractivity contribution in [2.24, 2.45) is 0 Å². The van der Waals surface area contributed by atoms with Gasteiger partial charge >= 0.3 is 6.03 Å². The lowest BCUT2D eigenvalue weighted by Gasteiger charge is -2.36. The average Bonchev–Trinajstić information content (AvgIpc) is 4.17. The zero-order valence-electron chi connectivity index (χ0n) is 36.9. The Labute approximate surface area is 384 Å². The third-order valence-electron chi connectivity index (χ3n) is 12.2. The van der Waals surface area contributed by atoms with Crippen LogP contribution in [-0.2, 0) is 35.1 Å². The number of nitrogens with one attached hydrogen (secondary N) is 4. The number of hydrogen-bond acceptors (Lipinski definition) is 14. The fourth-order valence-corrected chi connectivity index (χ4v) is 8.76. The first-order valence-corrected chi connectivity index (χ1v) is 22.4. The predicted molar refractivity (Wildman–Crippen MR) is 240 cm³/mol. The minimum atomic E-state index is -0.657. The minimum Gasteiger partial charge on any atom is -0.379 e. The van der Waals surface area contributed by atoms with Crippen LogP contribution in [0.5, 0.6) is 0 Å². The van der Waals surface area contributed by atoms with Gasteiger partial charge in [-0.1, -0.05) is 0 Å². The second-order valence-electron chi connectivity index (χ2n) is 16.6. The van der Waals surface area contributed by atoms with E-state index in [-0.39, 0.29) is 62.3 Å². The molecule has 4 aliphatic heterocycles. The molecule has 2 atom stereocenters. The molecule has 67 heavy (non-hydrogen) atoms. The van der Waals surface area contributed by atoms with E-state index in [0.29, 0.717) is 98.5 Å². The highest BCUT2D eigenvalue weighted by Crippen LogP contribution is 2.34. The van der Waals surface area contributed by atoms with Gasteiger partial charge in [-0.05, 0) is 61.6 Å². The molecule has 0 spiro atoms. The second-order valence-corrected chi connectivity index (χ2v) is 16.6. The number of urea groups is 1. The number of amides is 7. The maximum Gasteiger partial charge on any atom is 0.323 e. The number of ether oxygens (including phenoxy) is 3. The van der Waals surface area contributed by atoms with Gasteiger partial charge in [-0.25, -0.2) is 24.0 Å². The molecule has 22 nitrogen and oxygen atoms in total. The Morgan fingerprint density at radius 3 is 2.54 bits per heavy atom. The van der Waals surface area contributed by atoms with Crippen molar-refractivity contribution in [3.63, 3.8) is 0 Å². The van der Waals surface area contributed by atoms with Crippen molar-refractivity contribution in [1.29, 1.82) is 0 Å². The number of fused-ring (bicyclic) bond motifs is 2. The third-order valence-corrected chi connectivity index (χ3v) is 12.2. The molecule has 2 unspecified atom stereocenters. The van der Waals surface area contributed by atoms with Gasteiger partial charge in [0.1, 0.15) is 12.1 Å². The molecular formula is C45H51N13O9. The van der Waals surface area contributed by atoms with Crippen molar-refractivity contribution in [2.75, 3.05) is 81.3 Å². The van der Waals surface area contributed by atoms with Crippen molar-refractivity contribution in [3.8, 4) is 5.82 Å².